The Morgan fingerprint density at radius 3 is 2.50 bits per heavy atom. The number of alkyl halides is 3. The van der Waals surface area contributed by atoms with Gasteiger partial charge in [-0.15, -0.1) is 0 Å². The minimum atomic E-state index is -4.37. The molecular weight excluding hydrogens is 373 g/mol. The number of aromatic nitrogens is 3. The number of benzene rings is 1. The van der Waals surface area contributed by atoms with Gasteiger partial charge >= 0.3 is 6.18 Å². The zero-order valence-electron chi connectivity index (χ0n) is 14.7. The van der Waals surface area contributed by atoms with Crippen molar-refractivity contribution in [2.24, 2.45) is 12.2 Å². The molecule has 144 valence electrons. The molecule has 6 nitrogen and oxygen atoms in total. The van der Waals surface area contributed by atoms with E-state index >= 15 is 0 Å². The maximum absolute atomic E-state index is 12.7. The number of hydrogen-bond donors (Lipinski definition) is 0. The highest BCUT2D eigenvalue weighted by atomic mass is 19.4. The first-order chi connectivity index (χ1) is 13.4. The summed E-state index contributed by atoms with van der Waals surface area (Å²) in [5.74, 6) is 0.823. The van der Waals surface area contributed by atoms with Gasteiger partial charge in [0.2, 0.25) is 5.90 Å². The van der Waals surface area contributed by atoms with Crippen LogP contribution in [0.25, 0.3) is 11.3 Å². The van der Waals surface area contributed by atoms with Crippen molar-refractivity contribution in [2.45, 2.75) is 18.7 Å². The van der Waals surface area contributed by atoms with Crippen LogP contribution in [0, 0.1) is 0 Å². The summed E-state index contributed by atoms with van der Waals surface area (Å²) >= 11 is 0. The van der Waals surface area contributed by atoms with Crippen LogP contribution in [0.1, 0.15) is 23.7 Å². The molecule has 1 aliphatic heterocycles. The number of aryl methyl sites for hydroxylation is 1. The normalized spacial score (nSPS) is 16.6. The third-order valence-electron chi connectivity index (χ3n) is 4.22. The molecule has 2 aromatic heterocycles. The largest absolute Gasteiger partial charge is 0.438 e. The summed E-state index contributed by atoms with van der Waals surface area (Å²) in [6, 6.07) is 8.38. The summed E-state index contributed by atoms with van der Waals surface area (Å²) < 4.78 is 45.3. The van der Waals surface area contributed by atoms with Gasteiger partial charge in [0.05, 0.1) is 30.1 Å². The van der Waals surface area contributed by atoms with Gasteiger partial charge in [0.1, 0.15) is 5.75 Å². The molecule has 3 aromatic rings. The van der Waals surface area contributed by atoms with Gasteiger partial charge in [-0.1, -0.05) is 17.3 Å². The first-order valence-corrected chi connectivity index (χ1v) is 8.41. The van der Waals surface area contributed by atoms with E-state index in [9.17, 15) is 13.2 Å². The van der Waals surface area contributed by atoms with Crippen LogP contribution in [-0.4, -0.2) is 20.7 Å². The van der Waals surface area contributed by atoms with Gasteiger partial charge in [0.15, 0.2) is 6.10 Å². The molecule has 0 saturated carbocycles. The Hall–Kier alpha value is -3.36. The van der Waals surface area contributed by atoms with Gasteiger partial charge in [-0.2, -0.15) is 18.3 Å². The Balaban J connectivity index is 1.38. The topological polar surface area (TPSA) is 61.5 Å². The third-order valence-corrected chi connectivity index (χ3v) is 4.22. The molecule has 0 aliphatic carbocycles. The quantitative estimate of drug-likeness (QED) is 0.669. The van der Waals surface area contributed by atoms with Gasteiger partial charge in [-0.3, -0.25) is 9.67 Å². The molecule has 1 aliphatic rings. The lowest BCUT2D eigenvalue weighted by molar-refractivity contribution is -0.137. The van der Waals surface area contributed by atoms with Crippen LogP contribution < -0.4 is 4.74 Å². The van der Waals surface area contributed by atoms with Crippen LogP contribution in [0.4, 0.5) is 13.2 Å². The predicted octanol–water partition coefficient (Wildman–Crippen LogP) is 4.35. The van der Waals surface area contributed by atoms with E-state index < -0.39 is 17.8 Å². The molecule has 0 amide bonds. The number of rotatable bonds is 3. The molecule has 0 radical (unpaired) electrons. The molecule has 3 heterocycles. The molecule has 1 atom stereocenters. The second-order valence-electron chi connectivity index (χ2n) is 6.29. The second kappa shape index (κ2) is 6.99. The first-order valence-electron chi connectivity index (χ1n) is 8.41. The van der Waals surface area contributed by atoms with Crippen LogP contribution in [0.2, 0.25) is 0 Å². The first kappa shape index (κ1) is 18.0. The molecule has 28 heavy (non-hydrogen) atoms. The molecular formula is C19H15F3N4O2. The summed E-state index contributed by atoms with van der Waals surface area (Å²) in [5, 5.41) is 7.98. The van der Waals surface area contributed by atoms with E-state index in [0.29, 0.717) is 23.6 Å². The highest BCUT2D eigenvalue weighted by Gasteiger charge is 2.31. The van der Waals surface area contributed by atoms with Gasteiger partial charge in [0, 0.05) is 18.8 Å². The van der Waals surface area contributed by atoms with Crippen molar-refractivity contribution in [3.8, 4) is 17.0 Å². The number of oxime groups is 1. The Kier molecular flexibility index (Phi) is 4.50. The van der Waals surface area contributed by atoms with E-state index in [4.69, 9.17) is 9.57 Å². The van der Waals surface area contributed by atoms with E-state index in [-0.39, 0.29) is 0 Å². The Labute approximate surface area is 158 Å². The van der Waals surface area contributed by atoms with Crippen molar-refractivity contribution in [2.75, 3.05) is 0 Å². The molecule has 0 N–H and O–H groups in total. The summed E-state index contributed by atoms with van der Waals surface area (Å²) in [7, 11) is 1.83. The van der Waals surface area contributed by atoms with Crippen molar-refractivity contribution in [3.05, 3.63) is 66.1 Å². The van der Waals surface area contributed by atoms with Crippen molar-refractivity contribution < 1.29 is 22.7 Å². The van der Waals surface area contributed by atoms with Gasteiger partial charge in [0.25, 0.3) is 0 Å². The number of ether oxygens (including phenoxy) is 1. The molecule has 4 rings (SSSR count). The third kappa shape index (κ3) is 3.83. The number of halogens is 3. The zero-order valence-corrected chi connectivity index (χ0v) is 14.7. The lowest BCUT2D eigenvalue weighted by atomic mass is 10.0. The number of nitrogens with zero attached hydrogens (tertiary/aromatic N) is 4. The van der Waals surface area contributed by atoms with E-state index in [1.807, 2.05) is 13.2 Å². The fourth-order valence-corrected chi connectivity index (χ4v) is 2.78. The van der Waals surface area contributed by atoms with Crippen molar-refractivity contribution in [1.82, 2.24) is 14.8 Å². The van der Waals surface area contributed by atoms with E-state index in [1.54, 1.807) is 29.2 Å². The maximum atomic E-state index is 12.7. The van der Waals surface area contributed by atoms with Crippen molar-refractivity contribution in [3.63, 3.8) is 0 Å². The number of hydrogen-bond acceptors (Lipinski definition) is 5. The predicted molar refractivity (Wildman–Crippen MR) is 94.4 cm³/mol. The Morgan fingerprint density at radius 2 is 1.89 bits per heavy atom. The monoisotopic (exact) mass is 388 g/mol. The van der Waals surface area contributed by atoms with Crippen molar-refractivity contribution >= 4 is 5.90 Å². The fraction of sp³-hybridized carbons (Fsp3) is 0.211. The van der Waals surface area contributed by atoms with Crippen LogP contribution >= 0.6 is 0 Å². The zero-order chi connectivity index (χ0) is 19.7. The van der Waals surface area contributed by atoms with Gasteiger partial charge < -0.3 is 9.57 Å². The lowest BCUT2D eigenvalue weighted by Crippen LogP contribution is -2.08. The summed E-state index contributed by atoms with van der Waals surface area (Å²) in [5.41, 5.74) is 1.54. The molecule has 9 heteroatoms. The SMILES string of the molecule is Cn1cc(-c2ccc(OC3=NO[C@H](c4ccc(C(F)(F)F)cc4)C3)cn2)cn1. The van der Waals surface area contributed by atoms with Crippen LogP contribution in [0.15, 0.2) is 60.1 Å². The molecule has 0 bridgehead atoms. The summed E-state index contributed by atoms with van der Waals surface area (Å²) in [6.07, 6.45) is 0.597. The summed E-state index contributed by atoms with van der Waals surface area (Å²) in [4.78, 5) is 9.63. The van der Waals surface area contributed by atoms with Crippen LogP contribution in [-0.2, 0) is 18.1 Å². The minimum Gasteiger partial charge on any atom is -0.438 e. The van der Waals surface area contributed by atoms with E-state index in [2.05, 4.69) is 15.2 Å². The van der Waals surface area contributed by atoms with Gasteiger partial charge in [-0.25, -0.2) is 0 Å². The van der Waals surface area contributed by atoms with Crippen LogP contribution in [0.5, 0.6) is 5.75 Å². The molecule has 0 unspecified atom stereocenters. The second-order valence-corrected chi connectivity index (χ2v) is 6.29. The van der Waals surface area contributed by atoms with E-state index in [0.717, 1.165) is 23.4 Å². The lowest BCUT2D eigenvalue weighted by Gasteiger charge is -2.11. The molecule has 0 saturated heterocycles. The molecule has 0 spiro atoms. The van der Waals surface area contributed by atoms with Crippen LogP contribution in [0.3, 0.4) is 0 Å². The maximum Gasteiger partial charge on any atom is 0.416 e. The molecule has 0 fully saturated rings. The highest BCUT2D eigenvalue weighted by Crippen LogP contribution is 2.33. The highest BCUT2D eigenvalue weighted by molar-refractivity contribution is 5.79. The average Bonchev–Trinajstić information content (AvgIpc) is 3.31. The summed E-state index contributed by atoms with van der Waals surface area (Å²) in [6.45, 7) is 0. The number of pyridine rings is 1. The van der Waals surface area contributed by atoms with E-state index in [1.165, 1.54) is 12.1 Å². The Bertz CT molecular complexity index is 995. The van der Waals surface area contributed by atoms with Crippen molar-refractivity contribution in [1.29, 1.82) is 0 Å². The molecule has 1 aromatic carbocycles. The Morgan fingerprint density at radius 1 is 1.11 bits per heavy atom. The standard InChI is InChI=1S/C19H15F3N4O2/c1-26-11-13(9-24-26)16-7-6-15(10-23-16)27-18-8-17(28-25-18)12-2-4-14(5-3-12)19(20,21)22/h2-7,9-11,17H,8H2,1H3/t17-/m0/s1. The fourth-order valence-electron chi connectivity index (χ4n) is 2.78. The minimum absolute atomic E-state index is 0.315. The smallest absolute Gasteiger partial charge is 0.416 e. The average molecular weight is 388 g/mol. The van der Waals surface area contributed by atoms with Gasteiger partial charge in [-0.05, 0) is 29.8 Å².